The molecule has 4 heteroatoms. The van der Waals surface area contributed by atoms with E-state index >= 15 is 0 Å². The average molecular weight is 286 g/mol. The van der Waals surface area contributed by atoms with Crippen molar-refractivity contribution in [2.45, 2.75) is 38.8 Å². The molecule has 0 saturated carbocycles. The number of rotatable bonds is 4. The largest absolute Gasteiger partial charge is 0.354 e. The second-order valence-corrected chi connectivity index (χ2v) is 6.29. The maximum Gasteiger partial charge on any atom is 0.191 e. The summed E-state index contributed by atoms with van der Waals surface area (Å²) in [5.41, 5.74) is 2.73. The molecule has 2 heterocycles. The van der Waals surface area contributed by atoms with Gasteiger partial charge in [0, 0.05) is 12.6 Å². The Hall–Kier alpha value is -1.55. The number of nitrogens with zero attached hydrogens (tertiary/aromatic N) is 2. The number of guanidine groups is 1. The molecule has 0 bridgehead atoms. The predicted molar refractivity (Wildman–Crippen MR) is 87.6 cm³/mol. The van der Waals surface area contributed by atoms with E-state index in [0.717, 1.165) is 19.0 Å². The molecule has 0 aromatic heterocycles. The topological polar surface area (TPSA) is 39.7 Å². The van der Waals surface area contributed by atoms with Crippen LogP contribution >= 0.6 is 0 Å². The fourth-order valence-electron chi connectivity index (χ4n) is 3.15. The standard InChI is InChI=1S/C17H26N4/c1-13-5-7-15(8-6-13)16(21-9-3-4-10-21)12-19-17-18-11-14(2)20-17/h5-8,14,16H,3-4,9-12H2,1-2H3,(H2,18,19,20). The van der Waals surface area contributed by atoms with Crippen LogP contribution in [0.3, 0.4) is 0 Å². The Morgan fingerprint density at radius 3 is 2.62 bits per heavy atom. The fourth-order valence-corrected chi connectivity index (χ4v) is 3.15. The third-order valence-corrected chi connectivity index (χ3v) is 4.41. The second-order valence-electron chi connectivity index (χ2n) is 6.29. The monoisotopic (exact) mass is 286 g/mol. The first-order valence-electron chi connectivity index (χ1n) is 8.08. The van der Waals surface area contributed by atoms with E-state index in [9.17, 15) is 0 Å². The summed E-state index contributed by atoms with van der Waals surface area (Å²) in [5.74, 6) is 0.957. The Balaban J connectivity index is 1.68. The van der Waals surface area contributed by atoms with Crippen molar-refractivity contribution in [3.05, 3.63) is 35.4 Å². The Kier molecular flexibility index (Phi) is 4.44. The van der Waals surface area contributed by atoms with E-state index in [-0.39, 0.29) is 0 Å². The maximum atomic E-state index is 4.50. The van der Waals surface area contributed by atoms with Crippen LogP contribution in [-0.2, 0) is 0 Å². The minimum Gasteiger partial charge on any atom is -0.354 e. The highest BCUT2D eigenvalue weighted by molar-refractivity contribution is 5.81. The molecule has 0 aliphatic carbocycles. The van der Waals surface area contributed by atoms with Gasteiger partial charge in [0.05, 0.1) is 12.6 Å². The normalized spacial score (nSPS) is 23.7. The number of benzene rings is 1. The van der Waals surface area contributed by atoms with Crippen molar-refractivity contribution in [3.8, 4) is 0 Å². The van der Waals surface area contributed by atoms with Crippen molar-refractivity contribution in [2.75, 3.05) is 26.2 Å². The van der Waals surface area contributed by atoms with E-state index in [1.807, 2.05) is 0 Å². The maximum absolute atomic E-state index is 4.50. The summed E-state index contributed by atoms with van der Waals surface area (Å²) in [6.45, 7) is 8.51. The van der Waals surface area contributed by atoms with Gasteiger partial charge in [-0.05, 0) is 45.3 Å². The molecule has 2 unspecified atom stereocenters. The molecule has 0 radical (unpaired) electrons. The third kappa shape index (κ3) is 3.56. The summed E-state index contributed by atoms with van der Waals surface area (Å²) >= 11 is 0. The Morgan fingerprint density at radius 1 is 1.29 bits per heavy atom. The molecule has 0 spiro atoms. The molecule has 3 rings (SSSR count). The van der Waals surface area contributed by atoms with Crippen molar-refractivity contribution in [2.24, 2.45) is 4.99 Å². The Labute approximate surface area is 127 Å². The Bertz CT molecular complexity index is 488. The molecule has 2 aliphatic heterocycles. The molecule has 2 N–H and O–H groups in total. The molecule has 1 saturated heterocycles. The first kappa shape index (κ1) is 14.4. The van der Waals surface area contributed by atoms with Gasteiger partial charge in [0.25, 0.3) is 0 Å². The van der Waals surface area contributed by atoms with Gasteiger partial charge in [0.15, 0.2) is 5.96 Å². The molecule has 2 aliphatic rings. The summed E-state index contributed by atoms with van der Waals surface area (Å²) in [6, 6.07) is 9.86. The van der Waals surface area contributed by atoms with Crippen molar-refractivity contribution < 1.29 is 0 Å². The van der Waals surface area contributed by atoms with Crippen molar-refractivity contribution in [3.63, 3.8) is 0 Å². The van der Waals surface area contributed by atoms with Crippen molar-refractivity contribution in [1.29, 1.82) is 0 Å². The van der Waals surface area contributed by atoms with Crippen LogP contribution in [-0.4, -0.2) is 43.1 Å². The minimum absolute atomic E-state index is 0.438. The molecule has 2 atom stereocenters. The molecular formula is C17H26N4. The highest BCUT2D eigenvalue weighted by Gasteiger charge is 2.24. The first-order valence-corrected chi connectivity index (χ1v) is 8.08. The van der Waals surface area contributed by atoms with Gasteiger partial charge in [-0.25, -0.2) is 0 Å². The number of hydrogen-bond donors (Lipinski definition) is 2. The zero-order chi connectivity index (χ0) is 14.7. The van der Waals surface area contributed by atoms with Gasteiger partial charge in [-0.15, -0.1) is 0 Å². The van der Waals surface area contributed by atoms with Crippen LogP contribution in [0.5, 0.6) is 0 Å². The highest BCUT2D eigenvalue weighted by Crippen LogP contribution is 2.24. The van der Waals surface area contributed by atoms with E-state index in [2.05, 4.69) is 58.6 Å². The van der Waals surface area contributed by atoms with Gasteiger partial charge in [-0.2, -0.15) is 0 Å². The highest BCUT2D eigenvalue weighted by atomic mass is 15.3. The lowest BCUT2D eigenvalue weighted by Gasteiger charge is -2.28. The van der Waals surface area contributed by atoms with Crippen LogP contribution < -0.4 is 10.6 Å². The second kappa shape index (κ2) is 6.48. The smallest absolute Gasteiger partial charge is 0.191 e. The number of nitrogens with one attached hydrogen (secondary N) is 2. The molecule has 1 aromatic carbocycles. The minimum atomic E-state index is 0.438. The van der Waals surface area contributed by atoms with E-state index in [0.29, 0.717) is 12.1 Å². The zero-order valence-electron chi connectivity index (χ0n) is 13.1. The predicted octanol–water partition coefficient (Wildman–Crippen LogP) is 2.07. The SMILES string of the molecule is Cc1ccc(C(CNC2=NCC(C)N2)N2CCCC2)cc1. The van der Waals surface area contributed by atoms with Crippen LogP contribution in [0.1, 0.15) is 36.9 Å². The third-order valence-electron chi connectivity index (χ3n) is 4.41. The lowest BCUT2D eigenvalue weighted by molar-refractivity contribution is 0.245. The van der Waals surface area contributed by atoms with Gasteiger partial charge in [0.1, 0.15) is 0 Å². The molecule has 1 fully saturated rings. The van der Waals surface area contributed by atoms with Gasteiger partial charge >= 0.3 is 0 Å². The first-order chi connectivity index (χ1) is 10.2. The number of aliphatic imine (C=N–C) groups is 1. The summed E-state index contributed by atoms with van der Waals surface area (Å²) in [4.78, 5) is 7.09. The summed E-state index contributed by atoms with van der Waals surface area (Å²) in [7, 11) is 0. The molecule has 114 valence electrons. The van der Waals surface area contributed by atoms with E-state index in [1.54, 1.807) is 0 Å². The van der Waals surface area contributed by atoms with Gasteiger partial charge in [-0.1, -0.05) is 29.8 Å². The van der Waals surface area contributed by atoms with Crippen molar-refractivity contribution >= 4 is 5.96 Å². The molecule has 4 nitrogen and oxygen atoms in total. The number of aryl methyl sites for hydroxylation is 1. The number of hydrogen-bond acceptors (Lipinski definition) is 4. The van der Waals surface area contributed by atoms with Crippen LogP contribution in [0.25, 0.3) is 0 Å². The van der Waals surface area contributed by atoms with Gasteiger partial charge in [-0.3, -0.25) is 9.89 Å². The van der Waals surface area contributed by atoms with Crippen LogP contribution in [0.4, 0.5) is 0 Å². The summed E-state index contributed by atoms with van der Waals surface area (Å²) in [6.07, 6.45) is 2.64. The quantitative estimate of drug-likeness (QED) is 0.890. The van der Waals surface area contributed by atoms with E-state index in [1.165, 1.54) is 37.1 Å². The molecule has 0 amide bonds. The van der Waals surface area contributed by atoms with Gasteiger partial charge in [0.2, 0.25) is 0 Å². The van der Waals surface area contributed by atoms with Crippen molar-refractivity contribution in [1.82, 2.24) is 15.5 Å². The lowest BCUT2D eigenvalue weighted by atomic mass is 10.0. The summed E-state index contributed by atoms with van der Waals surface area (Å²) < 4.78 is 0. The number of likely N-dealkylation sites (tertiary alicyclic amines) is 1. The zero-order valence-corrected chi connectivity index (χ0v) is 13.1. The molecular weight excluding hydrogens is 260 g/mol. The summed E-state index contributed by atoms with van der Waals surface area (Å²) in [5, 5.41) is 6.88. The van der Waals surface area contributed by atoms with Gasteiger partial charge < -0.3 is 10.6 Å². The molecule has 21 heavy (non-hydrogen) atoms. The van der Waals surface area contributed by atoms with Crippen LogP contribution in [0, 0.1) is 6.92 Å². The molecule has 1 aromatic rings. The lowest BCUT2D eigenvalue weighted by Crippen LogP contribution is -2.42. The Morgan fingerprint density at radius 2 is 2.00 bits per heavy atom. The van der Waals surface area contributed by atoms with E-state index in [4.69, 9.17) is 0 Å². The average Bonchev–Trinajstić information content (AvgIpc) is 3.13. The van der Waals surface area contributed by atoms with E-state index < -0.39 is 0 Å². The van der Waals surface area contributed by atoms with Crippen LogP contribution in [0.15, 0.2) is 29.3 Å². The fraction of sp³-hybridized carbons (Fsp3) is 0.588. The van der Waals surface area contributed by atoms with Crippen LogP contribution in [0.2, 0.25) is 0 Å².